The number of aromatic nitrogens is 4. The highest BCUT2D eigenvalue weighted by atomic mass is 19.1. The van der Waals surface area contributed by atoms with Crippen molar-refractivity contribution in [2.75, 3.05) is 54.9 Å². The number of hydrogen-bond donors (Lipinski definition) is 3. The Kier molecular flexibility index (Phi) is 7.75. The average Bonchev–Trinajstić information content (AvgIpc) is 2.94. The predicted molar refractivity (Wildman–Crippen MR) is 147 cm³/mol. The van der Waals surface area contributed by atoms with Crippen molar-refractivity contribution < 1.29 is 18.7 Å². The number of carbonyl (C=O) groups excluding carboxylic acids is 1. The first-order valence-corrected chi connectivity index (χ1v) is 12.5. The Labute approximate surface area is 227 Å². The zero-order chi connectivity index (χ0) is 28.2. The number of nitrogens with zero attached hydrogens (tertiary/aromatic N) is 6. The molecule has 5 rings (SSSR count). The van der Waals surface area contributed by atoms with E-state index in [1.54, 1.807) is 12.1 Å². The van der Waals surface area contributed by atoms with Crippen LogP contribution in [0.5, 0.6) is 0 Å². The number of fused-ring (bicyclic) bond motifs is 1. The molecule has 206 valence electrons. The molecule has 1 aliphatic heterocycles. The Morgan fingerprint density at radius 3 is 2.60 bits per heavy atom. The summed E-state index contributed by atoms with van der Waals surface area (Å²) in [7, 11) is 0. The van der Waals surface area contributed by atoms with Crippen molar-refractivity contribution in [1.82, 2.24) is 24.4 Å². The third kappa shape index (κ3) is 5.80. The van der Waals surface area contributed by atoms with Gasteiger partial charge in [0.25, 0.3) is 5.56 Å². The molecule has 0 atom stereocenters. The van der Waals surface area contributed by atoms with Crippen LogP contribution in [0.3, 0.4) is 0 Å². The molecule has 0 spiro atoms. The third-order valence-electron chi connectivity index (χ3n) is 6.48. The number of carbonyl (C=O) groups is 1. The van der Waals surface area contributed by atoms with Crippen molar-refractivity contribution in [3.05, 3.63) is 83.6 Å². The lowest BCUT2D eigenvalue weighted by molar-refractivity contribution is -0.111. The average molecular weight is 549 g/mol. The fourth-order valence-electron chi connectivity index (χ4n) is 4.46. The van der Waals surface area contributed by atoms with Crippen LogP contribution in [-0.2, 0) is 4.79 Å². The molecule has 40 heavy (non-hydrogen) atoms. The van der Waals surface area contributed by atoms with Gasteiger partial charge in [0.1, 0.15) is 23.3 Å². The van der Waals surface area contributed by atoms with E-state index in [-0.39, 0.29) is 40.7 Å². The standard InChI is InChI=1S/C27H26F2N8O3/c1-2-24(39)32-18-11-17(28)12-20(13-18)37-16-31-26(40)21-15-30-27(34-25(21)37)33-23-4-3-19(14-22(23)29)36-7-5-35(6-8-36)9-10-38/h2-4,11-16,38H,1,5-10H2,(H,32,39)(H,30,33,34). The van der Waals surface area contributed by atoms with E-state index in [9.17, 15) is 14.0 Å². The SMILES string of the molecule is C=CC(=O)Nc1cc(F)cc(-n2cnc(=O)c3cnc(Nc4ccc(N5CCN(CCO)CC5)cc4F)nc32)c1. The smallest absolute Gasteiger partial charge is 0.283 e. The number of anilines is 4. The molecule has 1 aliphatic rings. The Hall–Kier alpha value is -4.75. The quantitative estimate of drug-likeness (QED) is 0.285. The summed E-state index contributed by atoms with van der Waals surface area (Å²) in [5.41, 5.74) is 0.764. The van der Waals surface area contributed by atoms with Gasteiger partial charge < -0.3 is 20.6 Å². The molecule has 3 heterocycles. The van der Waals surface area contributed by atoms with Gasteiger partial charge in [-0.3, -0.25) is 19.1 Å². The lowest BCUT2D eigenvalue weighted by Gasteiger charge is -2.35. The van der Waals surface area contributed by atoms with Gasteiger partial charge >= 0.3 is 0 Å². The topological polar surface area (TPSA) is 129 Å². The number of halogens is 2. The maximum Gasteiger partial charge on any atom is 0.283 e. The van der Waals surface area contributed by atoms with Crippen LogP contribution in [0.4, 0.5) is 31.8 Å². The van der Waals surface area contributed by atoms with Crippen LogP contribution in [0.25, 0.3) is 16.7 Å². The molecule has 0 bridgehead atoms. The Morgan fingerprint density at radius 1 is 1.07 bits per heavy atom. The summed E-state index contributed by atoms with van der Waals surface area (Å²) in [5.74, 6) is -1.68. The van der Waals surface area contributed by atoms with Crippen molar-refractivity contribution in [2.24, 2.45) is 0 Å². The van der Waals surface area contributed by atoms with E-state index < -0.39 is 23.1 Å². The number of benzene rings is 2. The number of piperazine rings is 1. The van der Waals surface area contributed by atoms with Crippen LogP contribution in [0.2, 0.25) is 0 Å². The van der Waals surface area contributed by atoms with Crippen molar-refractivity contribution in [1.29, 1.82) is 0 Å². The van der Waals surface area contributed by atoms with Crippen molar-refractivity contribution in [3.8, 4) is 5.69 Å². The molecule has 4 aromatic rings. The van der Waals surface area contributed by atoms with Crippen LogP contribution in [0, 0.1) is 11.6 Å². The van der Waals surface area contributed by atoms with Gasteiger partial charge in [-0.2, -0.15) is 9.97 Å². The van der Waals surface area contributed by atoms with Crippen molar-refractivity contribution >= 4 is 40.0 Å². The second-order valence-corrected chi connectivity index (χ2v) is 9.08. The monoisotopic (exact) mass is 548 g/mol. The van der Waals surface area contributed by atoms with Crippen LogP contribution in [-0.4, -0.2) is 74.8 Å². The first-order chi connectivity index (χ1) is 19.3. The summed E-state index contributed by atoms with van der Waals surface area (Å²) >= 11 is 0. The minimum atomic E-state index is -0.645. The lowest BCUT2D eigenvalue weighted by Crippen LogP contribution is -2.47. The van der Waals surface area contributed by atoms with E-state index in [1.165, 1.54) is 35.3 Å². The lowest BCUT2D eigenvalue weighted by atomic mass is 10.2. The molecule has 0 radical (unpaired) electrons. The molecule has 1 amide bonds. The van der Waals surface area contributed by atoms with Crippen LogP contribution in [0.15, 0.2) is 66.4 Å². The number of β-amino-alcohol motifs (C(OH)–C–C–N with tert-alkyl or cyclic N) is 1. The maximum atomic E-state index is 15.1. The van der Waals surface area contributed by atoms with Gasteiger partial charge in [0.2, 0.25) is 11.9 Å². The molecular weight excluding hydrogens is 522 g/mol. The largest absolute Gasteiger partial charge is 0.395 e. The summed E-state index contributed by atoms with van der Waals surface area (Å²) in [5, 5.41) is 14.5. The van der Waals surface area contributed by atoms with Crippen molar-refractivity contribution in [2.45, 2.75) is 0 Å². The molecule has 0 aliphatic carbocycles. The van der Waals surface area contributed by atoms with E-state index in [0.717, 1.165) is 30.9 Å². The zero-order valence-corrected chi connectivity index (χ0v) is 21.3. The van der Waals surface area contributed by atoms with Gasteiger partial charge in [-0.05, 0) is 42.5 Å². The first kappa shape index (κ1) is 26.8. The van der Waals surface area contributed by atoms with E-state index in [2.05, 4.69) is 42.0 Å². The third-order valence-corrected chi connectivity index (χ3v) is 6.48. The van der Waals surface area contributed by atoms with Gasteiger partial charge in [-0.1, -0.05) is 6.58 Å². The number of nitrogens with one attached hydrogen (secondary N) is 2. The van der Waals surface area contributed by atoms with Gasteiger partial charge in [-0.25, -0.2) is 13.8 Å². The number of hydrogen-bond acceptors (Lipinski definition) is 9. The van der Waals surface area contributed by atoms with E-state index in [1.807, 2.05) is 0 Å². The Bertz CT molecular complexity index is 1640. The molecule has 0 unspecified atom stereocenters. The maximum absolute atomic E-state index is 15.1. The van der Waals surface area contributed by atoms with Crippen LogP contribution < -0.4 is 21.1 Å². The highest BCUT2D eigenvalue weighted by molar-refractivity contribution is 5.99. The molecule has 2 aromatic carbocycles. The summed E-state index contributed by atoms with van der Waals surface area (Å²) in [4.78, 5) is 40.7. The number of amides is 1. The molecular formula is C27H26F2N8O3. The molecule has 1 saturated heterocycles. The summed E-state index contributed by atoms with van der Waals surface area (Å²) in [6.07, 6.45) is 3.50. The molecule has 1 fully saturated rings. The van der Waals surface area contributed by atoms with Crippen molar-refractivity contribution in [3.63, 3.8) is 0 Å². The van der Waals surface area contributed by atoms with Gasteiger partial charge in [0.15, 0.2) is 5.65 Å². The Balaban J connectivity index is 1.43. The molecule has 2 aromatic heterocycles. The summed E-state index contributed by atoms with van der Waals surface area (Å²) in [6, 6.07) is 8.60. The minimum Gasteiger partial charge on any atom is -0.395 e. The highest BCUT2D eigenvalue weighted by Crippen LogP contribution is 2.26. The van der Waals surface area contributed by atoms with E-state index in [0.29, 0.717) is 19.6 Å². The second-order valence-electron chi connectivity index (χ2n) is 9.08. The summed E-state index contributed by atoms with van der Waals surface area (Å²) in [6.45, 7) is 7.08. The molecule has 3 N–H and O–H groups in total. The molecule has 11 nitrogen and oxygen atoms in total. The summed E-state index contributed by atoms with van der Waals surface area (Å²) < 4.78 is 30.9. The van der Waals surface area contributed by atoms with Gasteiger partial charge in [0.05, 0.1) is 18.0 Å². The predicted octanol–water partition coefficient (Wildman–Crippen LogP) is 2.44. The second kappa shape index (κ2) is 11.6. The highest BCUT2D eigenvalue weighted by Gasteiger charge is 2.18. The zero-order valence-electron chi connectivity index (χ0n) is 21.3. The fraction of sp³-hybridized carbons (Fsp3) is 0.222. The van der Waals surface area contributed by atoms with Gasteiger partial charge in [0, 0.05) is 50.3 Å². The fourth-order valence-corrected chi connectivity index (χ4v) is 4.46. The van der Waals surface area contributed by atoms with Crippen LogP contribution >= 0.6 is 0 Å². The Morgan fingerprint density at radius 2 is 1.88 bits per heavy atom. The van der Waals surface area contributed by atoms with E-state index in [4.69, 9.17) is 5.11 Å². The molecule has 13 heteroatoms. The first-order valence-electron chi connectivity index (χ1n) is 12.5. The number of rotatable bonds is 8. The number of aliphatic hydroxyl groups excluding tert-OH is 1. The van der Waals surface area contributed by atoms with Gasteiger partial charge in [-0.15, -0.1) is 0 Å². The molecule has 0 saturated carbocycles. The van der Waals surface area contributed by atoms with E-state index >= 15 is 4.39 Å². The minimum absolute atomic E-state index is 0.00713. The normalized spacial score (nSPS) is 13.8. The van der Waals surface area contributed by atoms with Crippen LogP contribution in [0.1, 0.15) is 0 Å². The number of aliphatic hydroxyl groups is 1.